The lowest BCUT2D eigenvalue weighted by molar-refractivity contribution is 0.0546. The molecule has 1 fully saturated rings. The average Bonchev–Trinajstić information content (AvgIpc) is 2.65. The van der Waals surface area contributed by atoms with Crippen LogP contribution < -0.4 is 0 Å². The molecule has 1 aliphatic rings. The largest absolute Gasteiger partial charge is 0.393 e. The summed E-state index contributed by atoms with van der Waals surface area (Å²) in [4.78, 5) is 13.7. The lowest BCUT2D eigenvalue weighted by atomic mass is 10.1. The molecule has 15 heavy (non-hydrogen) atoms. The van der Waals surface area contributed by atoms with Gasteiger partial charge >= 0.3 is 0 Å². The van der Waals surface area contributed by atoms with Crippen LogP contribution in [0, 0.1) is 6.92 Å². The van der Waals surface area contributed by atoms with Crippen LogP contribution in [0.3, 0.4) is 0 Å². The molecule has 0 unspecified atom stereocenters. The van der Waals surface area contributed by atoms with Crippen molar-refractivity contribution < 1.29 is 9.90 Å². The van der Waals surface area contributed by atoms with Crippen molar-refractivity contribution in [3.63, 3.8) is 0 Å². The summed E-state index contributed by atoms with van der Waals surface area (Å²) in [6.45, 7) is 3.09. The van der Waals surface area contributed by atoms with Gasteiger partial charge < -0.3 is 10.0 Å². The van der Waals surface area contributed by atoms with Crippen LogP contribution in [0.1, 0.15) is 28.9 Å². The van der Waals surface area contributed by atoms with Crippen molar-refractivity contribution >= 4 is 5.91 Å². The highest BCUT2D eigenvalue weighted by Crippen LogP contribution is 2.14. The van der Waals surface area contributed by atoms with Gasteiger partial charge in [-0.15, -0.1) is 0 Å². The summed E-state index contributed by atoms with van der Waals surface area (Å²) in [5, 5.41) is 15.9. The van der Waals surface area contributed by atoms with Crippen LogP contribution in [0.5, 0.6) is 0 Å². The highest BCUT2D eigenvalue weighted by molar-refractivity contribution is 5.95. The molecule has 0 bridgehead atoms. The van der Waals surface area contributed by atoms with Crippen molar-refractivity contribution in [2.24, 2.45) is 0 Å². The van der Waals surface area contributed by atoms with E-state index >= 15 is 0 Å². The molecular weight excluding hydrogens is 194 g/mol. The van der Waals surface area contributed by atoms with Gasteiger partial charge in [0, 0.05) is 18.8 Å². The number of hydrogen-bond donors (Lipinski definition) is 2. The molecule has 2 heterocycles. The number of likely N-dealkylation sites (tertiary alicyclic amines) is 1. The van der Waals surface area contributed by atoms with Crippen LogP contribution in [0.2, 0.25) is 0 Å². The maximum Gasteiger partial charge on any atom is 0.257 e. The topological polar surface area (TPSA) is 69.2 Å². The van der Waals surface area contributed by atoms with Gasteiger partial charge in [-0.05, 0) is 19.8 Å². The van der Waals surface area contributed by atoms with Crippen LogP contribution >= 0.6 is 0 Å². The summed E-state index contributed by atoms with van der Waals surface area (Å²) in [7, 11) is 0. The summed E-state index contributed by atoms with van der Waals surface area (Å²) >= 11 is 0. The Kier molecular flexibility index (Phi) is 2.73. The quantitative estimate of drug-likeness (QED) is 0.699. The Hall–Kier alpha value is -1.36. The van der Waals surface area contributed by atoms with E-state index in [0.717, 1.165) is 5.69 Å². The maximum absolute atomic E-state index is 12.0. The number of amides is 1. The van der Waals surface area contributed by atoms with Crippen LogP contribution in [-0.2, 0) is 0 Å². The monoisotopic (exact) mass is 209 g/mol. The second-order valence-corrected chi connectivity index (χ2v) is 3.93. The number of nitrogens with one attached hydrogen (secondary N) is 1. The lowest BCUT2D eigenvalue weighted by Gasteiger charge is -2.29. The molecule has 1 aliphatic heterocycles. The molecule has 1 aromatic rings. The fraction of sp³-hybridized carbons (Fsp3) is 0.600. The SMILES string of the molecule is Cc1[nH]ncc1C(=O)N1CCC(O)CC1. The number of rotatable bonds is 1. The normalized spacial score (nSPS) is 18.1. The predicted molar refractivity (Wildman–Crippen MR) is 54.5 cm³/mol. The third kappa shape index (κ3) is 2.02. The average molecular weight is 209 g/mol. The lowest BCUT2D eigenvalue weighted by Crippen LogP contribution is -2.40. The zero-order chi connectivity index (χ0) is 10.8. The van der Waals surface area contributed by atoms with Gasteiger partial charge in [-0.2, -0.15) is 5.10 Å². The summed E-state index contributed by atoms with van der Waals surface area (Å²) in [5.41, 5.74) is 1.43. The molecule has 0 atom stereocenters. The van der Waals surface area contributed by atoms with Gasteiger partial charge in [-0.3, -0.25) is 9.89 Å². The predicted octanol–water partition coefficient (Wildman–Crippen LogP) is 0.315. The highest BCUT2D eigenvalue weighted by atomic mass is 16.3. The van der Waals surface area contributed by atoms with Gasteiger partial charge in [0.25, 0.3) is 5.91 Å². The first-order chi connectivity index (χ1) is 7.18. The van der Waals surface area contributed by atoms with Gasteiger partial charge in [-0.25, -0.2) is 0 Å². The molecule has 2 N–H and O–H groups in total. The summed E-state index contributed by atoms with van der Waals surface area (Å²) in [5.74, 6) is 0.00755. The number of H-pyrrole nitrogens is 1. The second kappa shape index (κ2) is 4.02. The number of aryl methyl sites for hydroxylation is 1. The number of aromatic amines is 1. The Balaban J connectivity index is 2.06. The van der Waals surface area contributed by atoms with Gasteiger partial charge in [0.15, 0.2) is 0 Å². The van der Waals surface area contributed by atoms with E-state index in [4.69, 9.17) is 0 Å². The van der Waals surface area contributed by atoms with Crippen molar-refractivity contribution in [2.45, 2.75) is 25.9 Å². The minimum Gasteiger partial charge on any atom is -0.393 e. The van der Waals surface area contributed by atoms with Crippen molar-refractivity contribution in [2.75, 3.05) is 13.1 Å². The van der Waals surface area contributed by atoms with Gasteiger partial charge in [-0.1, -0.05) is 0 Å². The molecule has 0 aromatic carbocycles. The van der Waals surface area contributed by atoms with Crippen molar-refractivity contribution in [1.29, 1.82) is 0 Å². The molecule has 1 amide bonds. The molecule has 5 heteroatoms. The Labute approximate surface area is 88.1 Å². The van der Waals surface area contributed by atoms with Gasteiger partial charge in [0.05, 0.1) is 17.9 Å². The van der Waals surface area contributed by atoms with Gasteiger partial charge in [0.1, 0.15) is 0 Å². The summed E-state index contributed by atoms with van der Waals surface area (Å²) < 4.78 is 0. The number of aliphatic hydroxyl groups is 1. The molecule has 5 nitrogen and oxygen atoms in total. The first-order valence-corrected chi connectivity index (χ1v) is 5.16. The molecule has 0 saturated carbocycles. The van der Waals surface area contributed by atoms with Crippen molar-refractivity contribution in [3.05, 3.63) is 17.5 Å². The molecule has 1 aromatic heterocycles. The maximum atomic E-state index is 12.0. The van der Waals surface area contributed by atoms with E-state index in [1.807, 2.05) is 6.92 Å². The molecule has 0 radical (unpaired) electrons. The second-order valence-electron chi connectivity index (χ2n) is 3.93. The number of piperidine rings is 1. The number of hydrogen-bond acceptors (Lipinski definition) is 3. The third-order valence-electron chi connectivity index (χ3n) is 2.81. The van der Waals surface area contributed by atoms with Crippen LogP contribution in [0.15, 0.2) is 6.20 Å². The van der Waals surface area contributed by atoms with E-state index in [1.54, 1.807) is 11.1 Å². The Bertz CT molecular complexity index is 353. The Morgan fingerprint density at radius 3 is 2.80 bits per heavy atom. The number of aliphatic hydroxyl groups excluding tert-OH is 1. The first-order valence-electron chi connectivity index (χ1n) is 5.16. The first kappa shape index (κ1) is 10.2. The highest BCUT2D eigenvalue weighted by Gasteiger charge is 2.23. The zero-order valence-corrected chi connectivity index (χ0v) is 8.73. The number of nitrogens with zero attached hydrogens (tertiary/aromatic N) is 2. The Morgan fingerprint density at radius 1 is 1.60 bits per heavy atom. The number of carbonyl (C=O) groups excluding carboxylic acids is 1. The summed E-state index contributed by atoms with van der Waals surface area (Å²) in [6.07, 6.45) is 2.65. The van der Waals surface area contributed by atoms with E-state index in [2.05, 4.69) is 10.2 Å². The molecule has 82 valence electrons. The molecule has 0 aliphatic carbocycles. The van der Waals surface area contributed by atoms with E-state index in [9.17, 15) is 9.90 Å². The van der Waals surface area contributed by atoms with Crippen molar-refractivity contribution in [1.82, 2.24) is 15.1 Å². The van der Waals surface area contributed by atoms with Crippen LogP contribution in [-0.4, -0.2) is 45.3 Å². The fourth-order valence-electron chi connectivity index (χ4n) is 1.81. The van der Waals surface area contributed by atoms with Crippen molar-refractivity contribution in [3.8, 4) is 0 Å². The van der Waals surface area contributed by atoms with E-state index in [1.165, 1.54) is 0 Å². The fourth-order valence-corrected chi connectivity index (χ4v) is 1.81. The Morgan fingerprint density at radius 2 is 2.27 bits per heavy atom. The molecule has 2 rings (SSSR count). The molecule has 0 spiro atoms. The smallest absolute Gasteiger partial charge is 0.257 e. The summed E-state index contributed by atoms with van der Waals surface area (Å²) in [6, 6.07) is 0. The number of aromatic nitrogens is 2. The number of carbonyl (C=O) groups is 1. The standard InChI is InChI=1S/C10H15N3O2/c1-7-9(6-11-12-7)10(15)13-4-2-8(14)3-5-13/h6,8,14H,2-5H2,1H3,(H,11,12). The minimum atomic E-state index is -0.250. The molecular formula is C10H15N3O2. The van der Waals surface area contributed by atoms with Crippen LogP contribution in [0.4, 0.5) is 0 Å². The van der Waals surface area contributed by atoms with Crippen LogP contribution in [0.25, 0.3) is 0 Å². The van der Waals surface area contributed by atoms with E-state index in [0.29, 0.717) is 31.5 Å². The zero-order valence-electron chi connectivity index (χ0n) is 8.73. The third-order valence-corrected chi connectivity index (χ3v) is 2.81. The van der Waals surface area contributed by atoms with E-state index in [-0.39, 0.29) is 12.0 Å². The van der Waals surface area contributed by atoms with E-state index < -0.39 is 0 Å². The molecule has 1 saturated heterocycles. The van der Waals surface area contributed by atoms with Gasteiger partial charge in [0.2, 0.25) is 0 Å². The minimum absolute atomic E-state index is 0.00755.